The van der Waals surface area contributed by atoms with Gasteiger partial charge in [-0.1, -0.05) is 6.07 Å². The lowest BCUT2D eigenvalue weighted by molar-refractivity contribution is -0.143. The van der Waals surface area contributed by atoms with Crippen LogP contribution in [0.1, 0.15) is 11.1 Å². The number of alkyl halides is 3. The maximum atomic E-state index is 12.9. The average molecular weight is 277 g/mol. The summed E-state index contributed by atoms with van der Waals surface area (Å²) in [6.45, 7) is 0. The zero-order chi connectivity index (χ0) is 14.6. The van der Waals surface area contributed by atoms with E-state index in [0.29, 0.717) is 0 Å². The molecule has 0 fully saturated rings. The number of carbonyl (C=O) groups excluding carboxylic acids is 1. The Morgan fingerprint density at radius 3 is 2.47 bits per heavy atom. The van der Waals surface area contributed by atoms with Crippen LogP contribution in [0, 0.1) is 0 Å². The zero-order valence-corrected chi connectivity index (χ0v) is 10.5. The van der Waals surface area contributed by atoms with Crippen LogP contribution in [0.15, 0.2) is 18.2 Å². The molecule has 0 unspecified atom stereocenters. The van der Waals surface area contributed by atoms with Crippen LogP contribution in [-0.2, 0) is 22.1 Å². The van der Waals surface area contributed by atoms with Crippen molar-refractivity contribution in [3.05, 3.63) is 29.3 Å². The Kier molecular flexibility index (Phi) is 4.77. The highest BCUT2D eigenvalue weighted by Crippen LogP contribution is 2.34. The van der Waals surface area contributed by atoms with Crippen LogP contribution in [0.25, 0.3) is 0 Å². The average Bonchev–Trinajstić information content (AvgIpc) is 2.36. The molecule has 1 rings (SSSR count). The van der Waals surface area contributed by atoms with Crippen molar-refractivity contribution >= 4 is 5.97 Å². The van der Waals surface area contributed by atoms with Crippen molar-refractivity contribution in [1.29, 1.82) is 0 Å². The zero-order valence-electron chi connectivity index (χ0n) is 10.5. The Bertz CT molecular complexity index is 460. The largest absolute Gasteiger partial charge is 0.497 e. The van der Waals surface area contributed by atoms with E-state index in [0.717, 1.165) is 13.2 Å². The molecule has 0 radical (unpaired) electrons. The number of methoxy groups -OCH3 is 2. The monoisotopic (exact) mass is 277 g/mol. The normalized spacial score (nSPS) is 12.9. The van der Waals surface area contributed by atoms with Crippen LogP contribution in [0.3, 0.4) is 0 Å². The lowest BCUT2D eigenvalue weighted by atomic mass is 10.00. The van der Waals surface area contributed by atoms with Crippen molar-refractivity contribution in [2.75, 3.05) is 14.2 Å². The van der Waals surface area contributed by atoms with Gasteiger partial charge in [0.25, 0.3) is 0 Å². The summed E-state index contributed by atoms with van der Waals surface area (Å²) in [5.74, 6) is -0.674. The Morgan fingerprint density at radius 2 is 2.00 bits per heavy atom. The van der Waals surface area contributed by atoms with Crippen LogP contribution in [0.4, 0.5) is 13.2 Å². The molecule has 4 nitrogen and oxygen atoms in total. The molecule has 0 spiro atoms. The van der Waals surface area contributed by atoms with Crippen molar-refractivity contribution < 1.29 is 27.4 Å². The summed E-state index contributed by atoms with van der Waals surface area (Å²) in [4.78, 5) is 11.1. The van der Waals surface area contributed by atoms with E-state index in [4.69, 9.17) is 10.5 Å². The number of hydrogen-bond acceptors (Lipinski definition) is 4. The molecule has 19 heavy (non-hydrogen) atoms. The summed E-state index contributed by atoms with van der Waals surface area (Å²) in [7, 11) is 2.40. The summed E-state index contributed by atoms with van der Waals surface area (Å²) in [6, 6.07) is 2.36. The number of rotatable bonds is 4. The predicted molar refractivity (Wildman–Crippen MR) is 61.7 cm³/mol. The van der Waals surface area contributed by atoms with Gasteiger partial charge in [-0.3, -0.25) is 4.79 Å². The molecule has 1 aromatic rings. The lowest BCUT2D eigenvalue weighted by Crippen LogP contribution is -2.34. The Labute approximate surface area is 108 Å². The fourth-order valence-corrected chi connectivity index (χ4v) is 1.60. The van der Waals surface area contributed by atoms with Gasteiger partial charge < -0.3 is 15.2 Å². The number of halogens is 3. The van der Waals surface area contributed by atoms with Gasteiger partial charge in [0.15, 0.2) is 0 Å². The number of esters is 1. The highest BCUT2D eigenvalue weighted by atomic mass is 19.4. The van der Waals surface area contributed by atoms with E-state index in [9.17, 15) is 18.0 Å². The van der Waals surface area contributed by atoms with Gasteiger partial charge in [0.1, 0.15) is 11.8 Å². The van der Waals surface area contributed by atoms with E-state index >= 15 is 0 Å². The van der Waals surface area contributed by atoms with Crippen LogP contribution < -0.4 is 10.5 Å². The van der Waals surface area contributed by atoms with Crippen LogP contribution in [0.2, 0.25) is 0 Å². The van der Waals surface area contributed by atoms with Gasteiger partial charge in [-0.05, 0) is 24.1 Å². The van der Waals surface area contributed by atoms with Gasteiger partial charge in [0.2, 0.25) is 0 Å². The molecule has 1 atom stereocenters. The number of ether oxygens (including phenoxy) is 2. The maximum Gasteiger partial charge on any atom is 0.416 e. The molecule has 0 bridgehead atoms. The Balaban J connectivity index is 3.10. The lowest BCUT2D eigenvalue weighted by Gasteiger charge is -2.16. The van der Waals surface area contributed by atoms with E-state index in [-0.39, 0.29) is 17.7 Å². The molecule has 0 heterocycles. The third kappa shape index (κ3) is 3.85. The first-order valence-corrected chi connectivity index (χ1v) is 5.37. The molecular weight excluding hydrogens is 263 g/mol. The summed E-state index contributed by atoms with van der Waals surface area (Å²) in [5.41, 5.74) is 4.52. The topological polar surface area (TPSA) is 61.5 Å². The van der Waals surface area contributed by atoms with Gasteiger partial charge in [0.05, 0.1) is 19.8 Å². The SMILES string of the molecule is COC(=O)[C@@H](N)Cc1ccc(OC)cc1C(F)(F)F. The summed E-state index contributed by atoms with van der Waals surface area (Å²) in [5, 5.41) is 0. The third-order valence-corrected chi connectivity index (χ3v) is 2.57. The minimum atomic E-state index is -4.54. The van der Waals surface area contributed by atoms with Crippen molar-refractivity contribution in [3.63, 3.8) is 0 Å². The van der Waals surface area contributed by atoms with Gasteiger partial charge >= 0.3 is 12.1 Å². The van der Waals surface area contributed by atoms with Crippen LogP contribution in [0.5, 0.6) is 5.75 Å². The highest BCUT2D eigenvalue weighted by molar-refractivity contribution is 5.75. The molecular formula is C12H14F3NO3. The second-order valence-electron chi connectivity index (χ2n) is 3.85. The molecule has 0 aliphatic rings. The molecule has 2 N–H and O–H groups in total. The van der Waals surface area contributed by atoms with Crippen LogP contribution >= 0.6 is 0 Å². The Morgan fingerprint density at radius 1 is 1.37 bits per heavy atom. The number of carbonyl (C=O) groups is 1. The van der Waals surface area contributed by atoms with Crippen LogP contribution in [-0.4, -0.2) is 26.2 Å². The van der Waals surface area contributed by atoms with Crippen molar-refractivity contribution in [2.45, 2.75) is 18.6 Å². The van der Waals surface area contributed by atoms with Crippen molar-refractivity contribution in [1.82, 2.24) is 0 Å². The molecule has 106 valence electrons. The standard InChI is InChI=1S/C12H14F3NO3/c1-18-8-4-3-7(5-10(16)11(17)19-2)9(6-8)12(13,14)15/h3-4,6,10H,5,16H2,1-2H3/t10-/m0/s1. The van der Waals surface area contributed by atoms with E-state index in [1.807, 2.05) is 0 Å². The number of hydrogen-bond donors (Lipinski definition) is 1. The fourth-order valence-electron chi connectivity index (χ4n) is 1.60. The fraction of sp³-hybridized carbons (Fsp3) is 0.417. The smallest absolute Gasteiger partial charge is 0.416 e. The third-order valence-electron chi connectivity index (χ3n) is 2.57. The molecule has 0 aromatic heterocycles. The maximum absolute atomic E-state index is 12.9. The van der Waals surface area contributed by atoms with Gasteiger partial charge in [-0.2, -0.15) is 13.2 Å². The first kappa shape index (κ1) is 15.3. The first-order valence-electron chi connectivity index (χ1n) is 5.37. The summed E-state index contributed by atoms with van der Waals surface area (Å²) in [6.07, 6.45) is -4.80. The Hall–Kier alpha value is -1.76. The minimum absolute atomic E-state index is 0.0776. The van der Waals surface area contributed by atoms with E-state index in [1.54, 1.807) is 0 Å². The summed E-state index contributed by atoms with van der Waals surface area (Å²) >= 11 is 0. The molecule has 0 aliphatic heterocycles. The molecule has 0 saturated carbocycles. The molecule has 0 aliphatic carbocycles. The molecule has 0 amide bonds. The number of nitrogens with two attached hydrogens (primary N) is 1. The molecule has 1 aromatic carbocycles. The van der Waals surface area contributed by atoms with Gasteiger partial charge in [0, 0.05) is 0 Å². The number of benzene rings is 1. The predicted octanol–water partition coefficient (Wildman–Crippen LogP) is 1.76. The first-order chi connectivity index (χ1) is 8.79. The second kappa shape index (κ2) is 5.92. The van der Waals surface area contributed by atoms with Crippen molar-refractivity contribution in [3.8, 4) is 5.75 Å². The second-order valence-corrected chi connectivity index (χ2v) is 3.85. The summed E-state index contributed by atoms with van der Waals surface area (Å²) < 4.78 is 47.8. The molecule has 0 saturated heterocycles. The van der Waals surface area contributed by atoms with Gasteiger partial charge in [-0.15, -0.1) is 0 Å². The quantitative estimate of drug-likeness (QED) is 0.852. The van der Waals surface area contributed by atoms with E-state index in [2.05, 4.69) is 4.74 Å². The van der Waals surface area contributed by atoms with E-state index in [1.165, 1.54) is 19.2 Å². The van der Waals surface area contributed by atoms with Gasteiger partial charge in [-0.25, -0.2) is 0 Å². The van der Waals surface area contributed by atoms with E-state index < -0.39 is 23.8 Å². The minimum Gasteiger partial charge on any atom is -0.497 e. The highest BCUT2D eigenvalue weighted by Gasteiger charge is 2.34. The van der Waals surface area contributed by atoms with Crippen molar-refractivity contribution in [2.24, 2.45) is 5.73 Å². The molecule has 7 heteroatoms.